The fraction of sp³-hybridized carbons (Fsp3) is 0.571. The van der Waals surface area contributed by atoms with E-state index >= 15 is 0 Å². The lowest BCUT2D eigenvalue weighted by Gasteiger charge is -2.23. The molecule has 0 aromatic carbocycles. The highest BCUT2D eigenvalue weighted by Crippen LogP contribution is 2.35. The van der Waals surface area contributed by atoms with Gasteiger partial charge in [-0.2, -0.15) is 13.2 Å². The van der Waals surface area contributed by atoms with Gasteiger partial charge >= 0.3 is 12.1 Å². The monoisotopic (exact) mass is 332 g/mol. The Morgan fingerprint density at radius 2 is 1.95 bits per heavy atom. The van der Waals surface area contributed by atoms with Crippen molar-refractivity contribution in [1.82, 2.24) is 5.32 Å². The molecule has 2 N–H and O–H groups in total. The number of rotatable bonds is 3. The van der Waals surface area contributed by atoms with Crippen LogP contribution < -0.4 is 10.6 Å². The topological polar surface area (TPSA) is 58.2 Å². The van der Waals surface area contributed by atoms with Gasteiger partial charge in [0.25, 0.3) is 0 Å². The zero-order valence-electron chi connectivity index (χ0n) is 11.6. The van der Waals surface area contributed by atoms with Crippen LogP contribution in [0, 0.1) is 5.92 Å². The fourth-order valence-corrected chi connectivity index (χ4v) is 3.66. The number of carbonyl (C=O) groups is 2. The Kier molecular flexibility index (Phi) is 3.88. The minimum Gasteiger partial charge on any atom is -0.345 e. The van der Waals surface area contributed by atoms with Crippen LogP contribution in [-0.4, -0.2) is 24.0 Å². The minimum absolute atomic E-state index is 0.0144. The van der Waals surface area contributed by atoms with Gasteiger partial charge in [-0.3, -0.25) is 9.59 Å². The van der Waals surface area contributed by atoms with Gasteiger partial charge < -0.3 is 10.6 Å². The number of fused-ring (bicyclic) bond motifs is 1. The van der Waals surface area contributed by atoms with Gasteiger partial charge in [-0.15, -0.1) is 11.3 Å². The summed E-state index contributed by atoms with van der Waals surface area (Å²) in [4.78, 5) is 23.8. The highest BCUT2D eigenvalue weighted by molar-refractivity contribution is 7.16. The van der Waals surface area contributed by atoms with Gasteiger partial charge in [0.2, 0.25) is 5.91 Å². The molecule has 1 aromatic heterocycles. The third kappa shape index (κ3) is 3.43. The van der Waals surface area contributed by atoms with Crippen molar-refractivity contribution in [3.8, 4) is 0 Å². The number of thiophene rings is 1. The SMILES string of the molecule is O=C(Nc1cc2c(s1)CCC(NC(=O)C(F)(F)F)C2)C1CC1. The van der Waals surface area contributed by atoms with Gasteiger partial charge in [0.05, 0.1) is 5.00 Å². The Balaban J connectivity index is 1.61. The Morgan fingerprint density at radius 3 is 2.59 bits per heavy atom. The van der Waals surface area contributed by atoms with Crippen molar-refractivity contribution in [1.29, 1.82) is 0 Å². The molecule has 0 saturated heterocycles. The summed E-state index contributed by atoms with van der Waals surface area (Å²) in [5.74, 6) is -1.77. The highest BCUT2D eigenvalue weighted by atomic mass is 32.1. The van der Waals surface area contributed by atoms with Crippen LogP contribution in [0.2, 0.25) is 0 Å². The number of aryl methyl sites for hydroxylation is 1. The molecule has 2 aliphatic carbocycles. The first-order valence-corrected chi connectivity index (χ1v) is 7.94. The molecule has 1 unspecified atom stereocenters. The fourth-order valence-electron chi connectivity index (χ4n) is 2.54. The Labute approximate surface area is 129 Å². The molecule has 0 spiro atoms. The average Bonchev–Trinajstić information content (AvgIpc) is 3.19. The Morgan fingerprint density at radius 1 is 1.23 bits per heavy atom. The molecule has 2 aliphatic rings. The van der Waals surface area contributed by atoms with Gasteiger partial charge in [0.15, 0.2) is 0 Å². The zero-order valence-corrected chi connectivity index (χ0v) is 12.4. The molecular formula is C14H15F3N2O2S. The maximum Gasteiger partial charge on any atom is 0.471 e. The molecule has 22 heavy (non-hydrogen) atoms. The first kappa shape index (κ1) is 15.3. The molecule has 1 heterocycles. The van der Waals surface area contributed by atoms with Crippen molar-refractivity contribution in [3.05, 3.63) is 16.5 Å². The second kappa shape index (κ2) is 5.57. The predicted octanol–water partition coefficient (Wildman–Crippen LogP) is 2.63. The molecule has 4 nitrogen and oxygen atoms in total. The van der Waals surface area contributed by atoms with E-state index in [2.05, 4.69) is 5.32 Å². The lowest BCUT2D eigenvalue weighted by molar-refractivity contribution is -0.174. The van der Waals surface area contributed by atoms with Crippen molar-refractivity contribution in [2.24, 2.45) is 5.92 Å². The molecule has 0 bridgehead atoms. The van der Waals surface area contributed by atoms with E-state index in [1.165, 1.54) is 11.3 Å². The third-order valence-electron chi connectivity index (χ3n) is 3.87. The molecular weight excluding hydrogens is 317 g/mol. The summed E-state index contributed by atoms with van der Waals surface area (Å²) in [6.45, 7) is 0. The first-order valence-electron chi connectivity index (χ1n) is 7.13. The zero-order chi connectivity index (χ0) is 15.9. The van der Waals surface area contributed by atoms with E-state index in [0.717, 1.165) is 28.3 Å². The number of alkyl halides is 3. The second-order valence-corrected chi connectivity index (χ2v) is 6.87. The van der Waals surface area contributed by atoms with E-state index in [1.54, 1.807) is 0 Å². The highest BCUT2D eigenvalue weighted by Gasteiger charge is 2.40. The summed E-state index contributed by atoms with van der Waals surface area (Å²) < 4.78 is 36.8. The van der Waals surface area contributed by atoms with E-state index in [-0.39, 0.29) is 11.8 Å². The molecule has 0 aliphatic heterocycles. The number of anilines is 1. The molecule has 1 fully saturated rings. The van der Waals surface area contributed by atoms with Gasteiger partial charge in [-0.05, 0) is 43.7 Å². The molecule has 1 atom stereocenters. The van der Waals surface area contributed by atoms with Crippen LogP contribution in [-0.2, 0) is 22.4 Å². The summed E-state index contributed by atoms with van der Waals surface area (Å²) in [6.07, 6.45) is -1.55. The third-order valence-corrected chi connectivity index (χ3v) is 5.02. The number of amides is 2. The van der Waals surface area contributed by atoms with E-state index in [9.17, 15) is 22.8 Å². The van der Waals surface area contributed by atoms with Crippen molar-refractivity contribution < 1.29 is 22.8 Å². The smallest absolute Gasteiger partial charge is 0.345 e. The summed E-state index contributed by atoms with van der Waals surface area (Å²) in [5, 5.41) is 5.62. The number of hydrogen-bond donors (Lipinski definition) is 2. The summed E-state index contributed by atoms with van der Waals surface area (Å²) in [7, 11) is 0. The predicted molar refractivity (Wildman–Crippen MR) is 75.7 cm³/mol. The van der Waals surface area contributed by atoms with Crippen LogP contribution in [0.4, 0.5) is 18.2 Å². The van der Waals surface area contributed by atoms with Gasteiger partial charge in [0.1, 0.15) is 0 Å². The largest absolute Gasteiger partial charge is 0.471 e. The quantitative estimate of drug-likeness (QED) is 0.894. The minimum atomic E-state index is -4.85. The summed E-state index contributed by atoms with van der Waals surface area (Å²) in [5.41, 5.74) is 0.912. The average molecular weight is 332 g/mol. The van der Waals surface area contributed by atoms with Gasteiger partial charge in [0, 0.05) is 16.8 Å². The van der Waals surface area contributed by atoms with Crippen molar-refractivity contribution in [3.63, 3.8) is 0 Å². The van der Waals surface area contributed by atoms with Crippen LogP contribution in [0.1, 0.15) is 29.7 Å². The van der Waals surface area contributed by atoms with E-state index in [4.69, 9.17) is 0 Å². The maximum atomic E-state index is 12.3. The van der Waals surface area contributed by atoms with Crippen LogP contribution in [0.25, 0.3) is 0 Å². The lowest BCUT2D eigenvalue weighted by Crippen LogP contribution is -2.45. The van der Waals surface area contributed by atoms with Crippen LogP contribution >= 0.6 is 11.3 Å². The normalized spacial score (nSPS) is 21.1. The Bertz CT molecular complexity index is 608. The van der Waals surface area contributed by atoms with Crippen molar-refractivity contribution in [2.45, 2.75) is 44.3 Å². The Hall–Kier alpha value is -1.57. The van der Waals surface area contributed by atoms with Crippen LogP contribution in [0.3, 0.4) is 0 Å². The van der Waals surface area contributed by atoms with Gasteiger partial charge in [-0.1, -0.05) is 0 Å². The first-order chi connectivity index (χ1) is 10.3. The molecule has 1 aromatic rings. The molecule has 120 valence electrons. The molecule has 2 amide bonds. The van der Waals surface area contributed by atoms with E-state index in [1.807, 2.05) is 11.4 Å². The lowest BCUT2D eigenvalue weighted by atomic mass is 9.94. The van der Waals surface area contributed by atoms with Crippen molar-refractivity contribution in [2.75, 3.05) is 5.32 Å². The van der Waals surface area contributed by atoms with Crippen LogP contribution in [0.15, 0.2) is 6.07 Å². The standard InChI is InChI=1S/C14H15F3N2O2S/c15-14(16,17)13(21)18-9-3-4-10-8(5-9)6-11(22-10)19-12(20)7-1-2-7/h6-7,9H,1-5H2,(H,18,21)(H,19,20). The molecule has 0 radical (unpaired) electrons. The number of hydrogen-bond acceptors (Lipinski definition) is 3. The number of carbonyl (C=O) groups excluding carboxylic acids is 2. The molecule has 3 rings (SSSR count). The van der Waals surface area contributed by atoms with E-state index in [0.29, 0.717) is 19.3 Å². The van der Waals surface area contributed by atoms with Gasteiger partial charge in [-0.25, -0.2) is 0 Å². The van der Waals surface area contributed by atoms with E-state index < -0.39 is 18.1 Å². The maximum absolute atomic E-state index is 12.3. The second-order valence-electron chi connectivity index (χ2n) is 5.73. The van der Waals surface area contributed by atoms with Crippen molar-refractivity contribution >= 4 is 28.2 Å². The van der Waals surface area contributed by atoms with Crippen LogP contribution in [0.5, 0.6) is 0 Å². The molecule has 8 heteroatoms. The number of nitrogens with one attached hydrogen (secondary N) is 2. The number of halogens is 3. The summed E-state index contributed by atoms with van der Waals surface area (Å²) >= 11 is 1.47. The summed E-state index contributed by atoms with van der Waals surface area (Å²) in [6, 6.07) is 1.30. The molecule has 1 saturated carbocycles.